The number of aromatic nitrogens is 4. The Morgan fingerprint density at radius 3 is 3.00 bits per heavy atom. The zero-order valence-corrected chi connectivity index (χ0v) is 11.1. The maximum atomic E-state index is 11.5. The smallest absolute Gasteiger partial charge is 0.225 e. The number of furan rings is 1. The van der Waals surface area contributed by atoms with Gasteiger partial charge in [-0.25, -0.2) is 9.97 Å². The fourth-order valence-corrected chi connectivity index (χ4v) is 1.95. The minimum absolute atomic E-state index is 0.108. The number of fused-ring (bicyclic) bond motifs is 1. The molecule has 1 N–H and O–H groups in total. The molecule has 0 unspecified atom stereocenters. The maximum absolute atomic E-state index is 11.5. The molecule has 3 heterocycles. The SMILES string of the molecule is CNC(=O)Cc1cc2nc(C)nn2c(-c2ccco2)n1. The van der Waals surface area contributed by atoms with Crippen LogP contribution in [0.4, 0.5) is 0 Å². The van der Waals surface area contributed by atoms with Crippen molar-refractivity contribution >= 4 is 11.6 Å². The van der Waals surface area contributed by atoms with Crippen molar-refractivity contribution in [2.45, 2.75) is 13.3 Å². The van der Waals surface area contributed by atoms with E-state index in [1.807, 2.05) is 0 Å². The highest BCUT2D eigenvalue weighted by Gasteiger charge is 2.14. The van der Waals surface area contributed by atoms with E-state index in [0.717, 1.165) is 0 Å². The third kappa shape index (κ3) is 2.13. The van der Waals surface area contributed by atoms with Gasteiger partial charge in [0.2, 0.25) is 5.91 Å². The molecule has 0 saturated carbocycles. The van der Waals surface area contributed by atoms with Crippen molar-refractivity contribution in [1.29, 1.82) is 0 Å². The minimum Gasteiger partial charge on any atom is -0.461 e. The lowest BCUT2D eigenvalue weighted by atomic mass is 10.2. The van der Waals surface area contributed by atoms with Gasteiger partial charge in [0.15, 0.2) is 17.2 Å². The number of carbonyl (C=O) groups is 1. The van der Waals surface area contributed by atoms with E-state index in [1.165, 1.54) is 0 Å². The summed E-state index contributed by atoms with van der Waals surface area (Å²) >= 11 is 0. The van der Waals surface area contributed by atoms with Gasteiger partial charge in [0.25, 0.3) is 0 Å². The van der Waals surface area contributed by atoms with E-state index >= 15 is 0 Å². The molecule has 0 spiro atoms. The maximum Gasteiger partial charge on any atom is 0.225 e. The number of rotatable bonds is 3. The molecule has 0 bridgehead atoms. The fourth-order valence-electron chi connectivity index (χ4n) is 1.95. The number of nitrogens with zero attached hydrogens (tertiary/aromatic N) is 4. The Morgan fingerprint density at radius 1 is 1.45 bits per heavy atom. The molecule has 0 radical (unpaired) electrons. The first kappa shape index (κ1) is 12.3. The number of amides is 1. The summed E-state index contributed by atoms with van der Waals surface area (Å²) in [4.78, 5) is 20.3. The molecule has 3 aromatic heterocycles. The van der Waals surface area contributed by atoms with Gasteiger partial charge >= 0.3 is 0 Å². The summed E-state index contributed by atoms with van der Waals surface area (Å²) in [6.45, 7) is 1.80. The van der Waals surface area contributed by atoms with Gasteiger partial charge in [-0.1, -0.05) is 0 Å². The number of carbonyl (C=O) groups excluding carboxylic acids is 1. The van der Waals surface area contributed by atoms with Crippen LogP contribution in [0.3, 0.4) is 0 Å². The monoisotopic (exact) mass is 271 g/mol. The van der Waals surface area contributed by atoms with Crippen LogP contribution in [-0.4, -0.2) is 32.5 Å². The molecule has 0 aliphatic heterocycles. The van der Waals surface area contributed by atoms with Gasteiger partial charge in [-0.3, -0.25) is 4.79 Å². The zero-order valence-electron chi connectivity index (χ0n) is 11.1. The Labute approximate surface area is 114 Å². The minimum atomic E-state index is -0.108. The molecule has 3 rings (SSSR count). The number of hydrogen-bond acceptors (Lipinski definition) is 5. The second kappa shape index (κ2) is 4.76. The molecule has 0 fully saturated rings. The predicted octanol–water partition coefficient (Wildman–Crippen LogP) is 0.981. The summed E-state index contributed by atoms with van der Waals surface area (Å²) in [5.74, 6) is 1.64. The molecule has 0 atom stereocenters. The van der Waals surface area contributed by atoms with Gasteiger partial charge in [-0.2, -0.15) is 4.52 Å². The van der Waals surface area contributed by atoms with Crippen LogP contribution in [-0.2, 0) is 11.2 Å². The lowest BCUT2D eigenvalue weighted by Gasteiger charge is -2.04. The van der Waals surface area contributed by atoms with Crippen molar-refractivity contribution in [3.05, 3.63) is 36.0 Å². The van der Waals surface area contributed by atoms with Crippen LogP contribution in [0.25, 0.3) is 17.2 Å². The second-order valence-electron chi connectivity index (χ2n) is 4.33. The van der Waals surface area contributed by atoms with E-state index in [0.29, 0.717) is 28.8 Å². The molecule has 1 amide bonds. The molecule has 7 heteroatoms. The molecule has 20 heavy (non-hydrogen) atoms. The van der Waals surface area contributed by atoms with Crippen molar-refractivity contribution in [3.8, 4) is 11.6 Å². The van der Waals surface area contributed by atoms with Crippen molar-refractivity contribution in [2.24, 2.45) is 0 Å². The first-order chi connectivity index (χ1) is 9.67. The van der Waals surface area contributed by atoms with Crippen molar-refractivity contribution in [1.82, 2.24) is 24.9 Å². The van der Waals surface area contributed by atoms with Gasteiger partial charge in [0.05, 0.1) is 18.4 Å². The molecule has 0 aliphatic rings. The zero-order chi connectivity index (χ0) is 14.1. The van der Waals surface area contributed by atoms with E-state index < -0.39 is 0 Å². The molecule has 102 valence electrons. The highest BCUT2D eigenvalue weighted by Crippen LogP contribution is 2.19. The van der Waals surface area contributed by atoms with Crippen LogP contribution in [0, 0.1) is 6.92 Å². The number of likely N-dealkylation sites (N-methyl/N-ethyl adjacent to an activating group) is 1. The summed E-state index contributed by atoms with van der Waals surface area (Å²) in [5, 5.41) is 6.87. The third-order valence-corrected chi connectivity index (χ3v) is 2.85. The van der Waals surface area contributed by atoms with E-state index in [-0.39, 0.29) is 12.3 Å². The predicted molar refractivity (Wildman–Crippen MR) is 71.0 cm³/mol. The van der Waals surface area contributed by atoms with Crippen LogP contribution < -0.4 is 5.32 Å². The molecule has 0 aromatic carbocycles. The van der Waals surface area contributed by atoms with Gasteiger partial charge in [0, 0.05) is 13.1 Å². The van der Waals surface area contributed by atoms with E-state index in [1.54, 1.807) is 42.9 Å². The quantitative estimate of drug-likeness (QED) is 0.767. The summed E-state index contributed by atoms with van der Waals surface area (Å²) in [6, 6.07) is 5.32. The topological polar surface area (TPSA) is 85.3 Å². The first-order valence-corrected chi connectivity index (χ1v) is 6.15. The van der Waals surface area contributed by atoms with E-state index in [9.17, 15) is 4.79 Å². The van der Waals surface area contributed by atoms with E-state index in [2.05, 4.69) is 20.4 Å². The Bertz CT molecular complexity index is 761. The van der Waals surface area contributed by atoms with Crippen molar-refractivity contribution in [3.63, 3.8) is 0 Å². The van der Waals surface area contributed by atoms with E-state index in [4.69, 9.17) is 4.42 Å². The fraction of sp³-hybridized carbons (Fsp3) is 0.231. The summed E-state index contributed by atoms with van der Waals surface area (Å²) in [6.07, 6.45) is 1.75. The normalized spacial score (nSPS) is 10.9. The van der Waals surface area contributed by atoms with Gasteiger partial charge in [0.1, 0.15) is 5.82 Å². The van der Waals surface area contributed by atoms with Crippen LogP contribution in [0.1, 0.15) is 11.5 Å². The Hall–Kier alpha value is -2.70. The van der Waals surface area contributed by atoms with Crippen molar-refractivity contribution < 1.29 is 9.21 Å². The molecule has 0 aliphatic carbocycles. The highest BCUT2D eigenvalue weighted by molar-refractivity contribution is 5.78. The molecule has 0 saturated heterocycles. The molecule has 7 nitrogen and oxygen atoms in total. The van der Waals surface area contributed by atoms with Crippen molar-refractivity contribution in [2.75, 3.05) is 7.05 Å². The van der Waals surface area contributed by atoms with Gasteiger partial charge < -0.3 is 9.73 Å². The van der Waals surface area contributed by atoms with Crippen LogP contribution in [0.5, 0.6) is 0 Å². The summed E-state index contributed by atoms with van der Waals surface area (Å²) < 4.78 is 6.98. The molecular formula is C13H13N5O2. The molecule has 3 aromatic rings. The standard InChI is InChI=1S/C13H13N5O2/c1-8-15-11-6-9(7-12(19)14-2)16-13(18(11)17-8)10-4-3-5-20-10/h3-6H,7H2,1-2H3,(H,14,19). The molecular weight excluding hydrogens is 258 g/mol. The average Bonchev–Trinajstić information content (AvgIpc) is 3.05. The van der Waals surface area contributed by atoms with Crippen LogP contribution in [0.15, 0.2) is 28.9 Å². The number of nitrogens with one attached hydrogen (secondary N) is 1. The Morgan fingerprint density at radius 2 is 2.30 bits per heavy atom. The Kier molecular flexibility index (Phi) is 2.94. The summed E-state index contributed by atoms with van der Waals surface area (Å²) in [7, 11) is 1.59. The van der Waals surface area contributed by atoms with Crippen LogP contribution in [0.2, 0.25) is 0 Å². The number of aryl methyl sites for hydroxylation is 1. The summed E-state index contributed by atoms with van der Waals surface area (Å²) in [5.41, 5.74) is 1.26. The van der Waals surface area contributed by atoms with Gasteiger partial charge in [-0.15, -0.1) is 5.10 Å². The number of hydrogen-bond donors (Lipinski definition) is 1. The largest absolute Gasteiger partial charge is 0.461 e. The lowest BCUT2D eigenvalue weighted by molar-refractivity contribution is -0.120. The Balaban J connectivity index is 2.17. The lowest BCUT2D eigenvalue weighted by Crippen LogP contribution is -2.20. The first-order valence-electron chi connectivity index (χ1n) is 6.15. The third-order valence-electron chi connectivity index (χ3n) is 2.85. The van der Waals surface area contributed by atoms with Crippen LogP contribution >= 0.6 is 0 Å². The highest BCUT2D eigenvalue weighted by atomic mass is 16.3. The average molecular weight is 271 g/mol. The van der Waals surface area contributed by atoms with Gasteiger partial charge in [-0.05, 0) is 19.1 Å². The second-order valence-corrected chi connectivity index (χ2v) is 4.33.